The molecule has 1 aliphatic carbocycles. The highest BCUT2D eigenvalue weighted by atomic mass is 15.2. The van der Waals surface area contributed by atoms with Crippen LogP contribution in [0.5, 0.6) is 0 Å². The molecule has 2 aliphatic rings. The van der Waals surface area contributed by atoms with Crippen LogP contribution in [0.15, 0.2) is 18.3 Å². The maximum atomic E-state index is 4.51. The first-order valence-corrected chi connectivity index (χ1v) is 6.19. The molecule has 1 aromatic rings. The molecule has 86 valence electrons. The van der Waals surface area contributed by atoms with Crippen LogP contribution in [0.25, 0.3) is 0 Å². The highest BCUT2D eigenvalue weighted by Gasteiger charge is 2.44. The Hall–Kier alpha value is -0.930. The third-order valence-corrected chi connectivity index (χ3v) is 3.90. The van der Waals surface area contributed by atoms with Crippen LogP contribution < -0.4 is 5.32 Å². The lowest BCUT2D eigenvalue weighted by atomic mass is 10.1. The van der Waals surface area contributed by atoms with Gasteiger partial charge in [-0.15, -0.1) is 0 Å². The fourth-order valence-electron chi connectivity index (χ4n) is 2.39. The topological polar surface area (TPSA) is 28.2 Å². The van der Waals surface area contributed by atoms with E-state index in [0.717, 1.165) is 6.54 Å². The van der Waals surface area contributed by atoms with Crippen LogP contribution in [0.4, 0.5) is 0 Å². The predicted octanol–water partition coefficient (Wildman–Crippen LogP) is 1.50. The first-order chi connectivity index (χ1) is 7.82. The molecule has 3 rings (SSSR count). The Morgan fingerprint density at radius 3 is 2.81 bits per heavy atom. The number of pyridine rings is 1. The molecule has 0 amide bonds. The predicted molar refractivity (Wildman–Crippen MR) is 64.1 cm³/mol. The summed E-state index contributed by atoms with van der Waals surface area (Å²) >= 11 is 0. The molecule has 3 heteroatoms. The third-order valence-electron chi connectivity index (χ3n) is 3.90. The summed E-state index contributed by atoms with van der Waals surface area (Å²) in [7, 11) is 2.04. The van der Waals surface area contributed by atoms with Crippen LogP contribution in [-0.2, 0) is 12.1 Å². The largest absolute Gasteiger partial charge is 0.309 e. The van der Waals surface area contributed by atoms with E-state index in [-0.39, 0.29) is 5.54 Å². The number of hydrogen-bond donors (Lipinski definition) is 1. The molecule has 0 bridgehead atoms. The lowest BCUT2D eigenvalue weighted by molar-refractivity contribution is 0.172. The van der Waals surface area contributed by atoms with Crippen molar-refractivity contribution in [2.75, 3.05) is 20.1 Å². The van der Waals surface area contributed by atoms with Crippen molar-refractivity contribution in [1.82, 2.24) is 15.2 Å². The number of hydrogen-bond acceptors (Lipinski definition) is 3. The average Bonchev–Trinajstić information content (AvgIpc) is 3.05. The zero-order chi connectivity index (χ0) is 11.0. The van der Waals surface area contributed by atoms with Gasteiger partial charge in [-0.3, -0.25) is 9.88 Å². The minimum Gasteiger partial charge on any atom is -0.309 e. The van der Waals surface area contributed by atoms with Crippen molar-refractivity contribution in [2.24, 2.45) is 0 Å². The molecule has 1 saturated carbocycles. The van der Waals surface area contributed by atoms with E-state index in [1.807, 2.05) is 13.2 Å². The van der Waals surface area contributed by atoms with Gasteiger partial charge in [-0.05, 0) is 57.1 Å². The van der Waals surface area contributed by atoms with Crippen LogP contribution in [-0.4, -0.2) is 30.0 Å². The third kappa shape index (κ3) is 1.74. The Kier molecular flexibility index (Phi) is 2.45. The molecule has 1 saturated heterocycles. The van der Waals surface area contributed by atoms with Crippen LogP contribution >= 0.6 is 0 Å². The Labute approximate surface area is 96.9 Å². The minimum atomic E-state index is 0.199. The van der Waals surface area contributed by atoms with Crippen molar-refractivity contribution in [2.45, 2.75) is 31.3 Å². The first kappa shape index (κ1) is 10.2. The lowest BCUT2D eigenvalue weighted by Gasteiger charge is -2.30. The van der Waals surface area contributed by atoms with Gasteiger partial charge < -0.3 is 5.32 Å². The van der Waals surface area contributed by atoms with E-state index in [2.05, 4.69) is 27.3 Å². The quantitative estimate of drug-likeness (QED) is 0.828. The van der Waals surface area contributed by atoms with Crippen molar-refractivity contribution in [3.05, 3.63) is 29.6 Å². The highest BCUT2D eigenvalue weighted by molar-refractivity contribution is 5.27. The summed E-state index contributed by atoms with van der Waals surface area (Å²) in [5, 5.41) is 3.40. The Balaban J connectivity index is 1.77. The number of likely N-dealkylation sites (tertiary alicyclic amines) is 1. The summed E-state index contributed by atoms with van der Waals surface area (Å²) < 4.78 is 0. The van der Waals surface area contributed by atoms with Gasteiger partial charge in [0.2, 0.25) is 0 Å². The standard InChI is InChI=1S/C13H19N3/c1-14-13(4-5-13)12-9-11(3-6-15-12)10-16-7-2-8-16/h3,6,9,14H,2,4-5,7-8,10H2,1H3. The maximum absolute atomic E-state index is 4.51. The Morgan fingerprint density at radius 1 is 1.44 bits per heavy atom. The van der Waals surface area contributed by atoms with Gasteiger partial charge in [0, 0.05) is 12.7 Å². The number of rotatable bonds is 4. The molecule has 3 nitrogen and oxygen atoms in total. The second-order valence-electron chi connectivity index (χ2n) is 5.01. The fourth-order valence-corrected chi connectivity index (χ4v) is 2.39. The van der Waals surface area contributed by atoms with Crippen molar-refractivity contribution < 1.29 is 0 Å². The van der Waals surface area contributed by atoms with E-state index in [9.17, 15) is 0 Å². The molecule has 2 heterocycles. The van der Waals surface area contributed by atoms with E-state index in [1.165, 1.54) is 43.6 Å². The molecular formula is C13H19N3. The maximum Gasteiger partial charge on any atom is 0.0608 e. The van der Waals surface area contributed by atoms with E-state index < -0.39 is 0 Å². The van der Waals surface area contributed by atoms with Gasteiger partial charge in [-0.1, -0.05) is 0 Å². The van der Waals surface area contributed by atoms with E-state index in [4.69, 9.17) is 0 Å². The van der Waals surface area contributed by atoms with Gasteiger partial charge >= 0.3 is 0 Å². The van der Waals surface area contributed by atoms with Gasteiger partial charge in [0.1, 0.15) is 0 Å². The van der Waals surface area contributed by atoms with Gasteiger partial charge in [0.05, 0.1) is 11.2 Å². The molecule has 1 aliphatic heterocycles. The molecule has 1 aromatic heterocycles. The minimum absolute atomic E-state index is 0.199. The van der Waals surface area contributed by atoms with Crippen molar-refractivity contribution in [3.8, 4) is 0 Å². The van der Waals surface area contributed by atoms with Crippen molar-refractivity contribution in [3.63, 3.8) is 0 Å². The molecule has 0 radical (unpaired) electrons. The number of aromatic nitrogens is 1. The monoisotopic (exact) mass is 217 g/mol. The summed E-state index contributed by atoms with van der Waals surface area (Å²) in [6, 6.07) is 4.43. The Morgan fingerprint density at radius 2 is 2.25 bits per heavy atom. The molecule has 1 N–H and O–H groups in total. The normalized spacial score (nSPS) is 22.8. The van der Waals surface area contributed by atoms with E-state index in [1.54, 1.807) is 0 Å². The van der Waals surface area contributed by atoms with Gasteiger partial charge in [-0.2, -0.15) is 0 Å². The smallest absolute Gasteiger partial charge is 0.0608 e. The van der Waals surface area contributed by atoms with Crippen molar-refractivity contribution >= 4 is 0 Å². The molecule has 2 fully saturated rings. The zero-order valence-electron chi connectivity index (χ0n) is 9.87. The molecule has 16 heavy (non-hydrogen) atoms. The average molecular weight is 217 g/mol. The van der Waals surface area contributed by atoms with E-state index >= 15 is 0 Å². The molecule has 0 atom stereocenters. The summed E-state index contributed by atoms with van der Waals surface area (Å²) in [5.74, 6) is 0. The molecule has 0 spiro atoms. The van der Waals surface area contributed by atoms with Crippen LogP contribution in [0, 0.1) is 0 Å². The van der Waals surface area contributed by atoms with Crippen LogP contribution in [0.1, 0.15) is 30.5 Å². The SMILES string of the molecule is CNC1(c2cc(CN3CCC3)ccn2)CC1. The number of nitrogens with zero attached hydrogens (tertiary/aromatic N) is 2. The van der Waals surface area contributed by atoms with Crippen LogP contribution in [0.3, 0.4) is 0 Å². The second-order valence-corrected chi connectivity index (χ2v) is 5.01. The molecule has 0 aromatic carbocycles. The summed E-state index contributed by atoms with van der Waals surface area (Å²) in [6.45, 7) is 3.61. The van der Waals surface area contributed by atoms with Crippen LogP contribution in [0.2, 0.25) is 0 Å². The molecular weight excluding hydrogens is 198 g/mol. The van der Waals surface area contributed by atoms with Gasteiger partial charge in [0.25, 0.3) is 0 Å². The van der Waals surface area contributed by atoms with Crippen molar-refractivity contribution in [1.29, 1.82) is 0 Å². The first-order valence-electron chi connectivity index (χ1n) is 6.19. The second kappa shape index (κ2) is 3.82. The fraction of sp³-hybridized carbons (Fsp3) is 0.615. The van der Waals surface area contributed by atoms with E-state index in [0.29, 0.717) is 0 Å². The summed E-state index contributed by atoms with van der Waals surface area (Å²) in [5.41, 5.74) is 2.84. The summed E-state index contributed by atoms with van der Waals surface area (Å²) in [4.78, 5) is 7.00. The summed E-state index contributed by atoms with van der Waals surface area (Å²) in [6.07, 6.45) is 5.77. The zero-order valence-corrected chi connectivity index (χ0v) is 9.87. The van der Waals surface area contributed by atoms with Gasteiger partial charge in [0.15, 0.2) is 0 Å². The Bertz CT molecular complexity index is 381. The lowest BCUT2D eigenvalue weighted by Crippen LogP contribution is -2.36. The highest BCUT2D eigenvalue weighted by Crippen LogP contribution is 2.44. The van der Waals surface area contributed by atoms with Gasteiger partial charge in [-0.25, -0.2) is 0 Å². The molecule has 0 unspecified atom stereocenters. The number of nitrogens with one attached hydrogen (secondary N) is 1.